The third-order valence-electron chi connectivity index (χ3n) is 5.89. The number of H-pyrrole nitrogens is 1. The highest BCUT2D eigenvalue weighted by Crippen LogP contribution is 2.30. The number of benzene rings is 1. The number of alkyl halides is 2. The SMILES string of the molecule is Cc1cc(C#CC(C)(C)F)cc(C(=O)NC(c2cc3ccccc3[nH]2)c2ncn3c2C[C@@H](F)C3)n1. The molecule has 4 heterocycles. The van der Waals surface area contributed by atoms with E-state index >= 15 is 0 Å². The van der Waals surface area contributed by atoms with E-state index in [2.05, 4.69) is 32.1 Å². The maximum Gasteiger partial charge on any atom is 0.270 e. The molecule has 0 aliphatic carbocycles. The van der Waals surface area contributed by atoms with Gasteiger partial charge in [-0.15, -0.1) is 0 Å². The second-order valence-electron chi connectivity index (χ2n) is 9.35. The molecule has 8 heteroatoms. The Morgan fingerprint density at radius 1 is 1.29 bits per heavy atom. The van der Waals surface area contributed by atoms with Gasteiger partial charge >= 0.3 is 0 Å². The lowest BCUT2D eigenvalue weighted by Gasteiger charge is -2.17. The van der Waals surface area contributed by atoms with Crippen molar-refractivity contribution < 1.29 is 13.6 Å². The number of pyridine rings is 1. The minimum atomic E-state index is -1.66. The van der Waals surface area contributed by atoms with Gasteiger partial charge in [-0.3, -0.25) is 4.79 Å². The van der Waals surface area contributed by atoms with Crippen LogP contribution in [-0.4, -0.2) is 37.3 Å². The first-order valence-electron chi connectivity index (χ1n) is 11.4. The Hall–Kier alpha value is -3.99. The van der Waals surface area contributed by atoms with E-state index < -0.39 is 23.8 Å². The first-order valence-corrected chi connectivity index (χ1v) is 11.4. The number of aromatic nitrogens is 4. The Morgan fingerprint density at radius 3 is 2.86 bits per heavy atom. The fourth-order valence-corrected chi connectivity index (χ4v) is 4.36. The predicted molar refractivity (Wildman–Crippen MR) is 129 cm³/mol. The molecule has 5 rings (SSSR count). The van der Waals surface area contributed by atoms with Crippen molar-refractivity contribution in [2.45, 2.75) is 51.6 Å². The third kappa shape index (κ3) is 4.80. The lowest BCUT2D eigenvalue weighted by Crippen LogP contribution is -2.31. The summed E-state index contributed by atoms with van der Waals surface area (Å²) in [7, 11) is 0. The topological polar surface area (TPSA) is 75.6 Å². The van der Waals surface area contributed by atoms with Crippen LogP contribution in [0, 0.1) is 18.8 Å². The molecule has 1 unspecified atom stereocenters. The summed E-state index contributed by atoms with van der Waals surface area (Å²) >= 11 is 0. The average Bonchev–Trinajstić information content (AvgIpc) is 3.49. The molecule has 1 amide bonds. The van der Waals surface area contributed by atoms with Gasteiger partial charge in [-0.2, -0.15) is 0 Å². The molecule has 35 heavy (non-hydrogen) atoms. The molecule has 2 N–H and O–H groups in total. The first kappa shape index (κ1) is 22.8. The summed E-state index contributed by atoms with van der Waals surface area (Å²) in [6, 6.07) is 12.3. The molecule has 0 radical (unpaired) electrons. The number of aryl methyl sites for hydroxylation is 1. The maximum atomic E-state index is 14.1. The van der Waals surface area contributed by atoms with Crippen molar-refractivity contribution in [1.82, 2.24) is 24.8 Å². The van der Waals surface area contributed by atoms with E-state index in [4.69, 9.17) is 0 Å². The third-order valence-corrected chi connectivity index (χ3v) is 5.89. The smallest absolute Gasteiger partial charge is 0.270 e. The average molecular weight is 474 g/mol. The van der Waals surface area contributed by atoms with Crippen LogP contribution in [0.3, 0.4) is 0 Å². The number of halogens is 2. The summed E-state index contributed by atoms with van der Waals surface area (Å²) in [5, 5.41) is 4.02. The van der Waals surface area contributed by atoms with Gasteiger partial charge in [-0.1, -0.05) is 30.0 Å². The number of carbonyl (C=O) groups is 1. The largest absolute Gasteiger partial charge is 0.356 e. The number of imidazole rings is 1. The zero-order valence-electron chi connectivity index (χ0n) is 19.7. The Labute approximate surface area is 201 Å². The molecule has 0 fully saturated rings. The number of fused-ring (bicyclic) bond motifs is 2. The second-order valence-corrected chi connectivity index (χ2v) is 9.35. The number of amides is 1. The van der Waals surface area contributed by atoms with Gasteiger partial charge < -0.3 is 14.9 Å². The van der Waals surface area contributed by atoms with E-state index in [1.807, 2.05) is 30.3 Å². The zero-order valence-corrected chi connectivity index (χ0v) is 19.7. The Morgan fingerprint density at radius 2 is 2.09 bits per heavy atom. The molecule has 3 aromatic heterocycles. The fraction of sp³-hybridized carbons (Fsp3) is 0.296. The summed E-state index contributed by atoms with van der Waals surface area (Å²) in [6.07, 6.45) is 0.873. The summed E-state index contributed by atoms with van der Waals surface area (Å²) in [6.45, 7) is 4.75. The molecule has 6 nitrogen and oxygen atoms in total. The molecular weight excluding hydrogens is 448 g/mol. The molecule has 0 bridgehead atoms. The van der Waals surface area contributed by atoms with Crippen LogP contribution >= 0.6 is 0 Å². The van der Waals surface area contributed by atoms with Crippen LogP contribution in [-0.2, 0) is 13.0 Å². The van der Waals surface area contributed by atoms with Crippen LogP contribution in [0.25, 0.3) is 10.9 Å². The van der Waals surface area contributed by atoms with Gasteiger partial charge in [0.05, 0.1) is 18.6 Å². The highest BCUT2D eigenvalue weighted by atomic mass is 19.1. The van der Waals surface area contributed by atoms with E-state index in [9.17, 15) is 13.6 Å². The highest BCUT2D eigenvalue weighted by molar-refractivity contribution is 5.93. The molecule has 1 aliphatic rings. The zero-order chi connectivity index (χ0) is 24.7. The Bertz CT molecular complexity index is 1450. The summed E-state index contributed by atoms with van der Waals surface area (Å²) in [4.78, 5) is 25.6. The maximum absolute atomic E-state index is 14.1. The van der Waals surface area contributed by atoms with Crippen molar-refractivity contribution in [3.05, 3.63) is 82.8 Å². The number of aromatic amines is 1. The van der Waals surface area contributed by atoms with Crippen molar-refractivity contribution in [3.8, 4) is 11.8 Å². The molecule has 2 atom stereocenters. The van der Waals surface area contributed by atoms with Crippen LogP contribution in [0.2, 0.25) is 0 Å². The minimum absolute atomic E-state index is 0.159. The van der Waals surface area contributed by atoms with Gasteiger partial charge in [0.1, 0.15) is 17.9 Å². The fourth-order valence-electron chi connectivity index (χ4n) is 4.36. The van der Waals surface area contributed by atoms with Gasteiger partial charge in [0.2, 0.25) is 0 Å². The number of rotatable bonds is 4. The Kier molecular flexibility index (Phi) is 5.64. The minimum Gasteiger partial charge on any atom is -0.356 e. The van der Waals surface area contributed by atoms with Gasteiger partial charge in [0.15, 0.2) is 5.67 Å². The van der Waals surface area contributed by atoms with E-state index in [0.717, 1.165) is 22.3 Å². The van der Waals surface area contributed by atoms with Crippen molar-refractivity contribution in [3.63, 3.8) is 0 Å². The normalized spacial score (nSPS) is 16.0. The Balaban J connectivity index is 1.53. The van der Waals surface area contributed by atoms with Crippen molar-refractivity contribution >= 4 is 16.8 Å². The molecular formula is C27H25F2N5O. The van der Waals surface area contributed by atoms with E-state index in [1.165, 1.54) is 13.8 Å². The molecule has 1 aliphatic heterocycles. The molecule has 4 aromatic rings. The second kappa shape index (κ2) is 8.66. The first-order chi connectivity index (χ1) is 16.7. The van der Waals surface area contributed by atoms with Crippen LogP contribution in [0.15, 0.2) is 48.8 Å². The standard InChI is InChI=1S/C27H25F2N5O/c1-16-10-17(8-9-27(2,3)29)11-22(31-16)26(35)33-24(21-12-18-6-4-5-7-20(18)32-21)25-23-13-19(28)14-34(23)15-30-25/h4-7,10-12,15,19,24,32H,13-14H2,1-3H3,(H,33,35)/t19-,24?/m1/s1. The monoisotopic (exact) mass is 473 g/mol. The summed E-state index contributed by atoms with van der Waals surface area (Å²) in [5.41, 5.74) is 2.59. The summed E-state index contributed by atoms with van der Waals surface area (Å²) in [5.74, 6) is 4.89. The summed E-state index contributed by atoms with van der Waals surface area (Å²) < 4.78 is 29.8. The lowest BCUT2D eigenvalue weighted by molar-refractivity contribution is 0.0936. The van der Waals surface area contributed by atoms with Crippen molar-refractivity contribution in [1.29, 1.82) is 0 Å². The van der Waals surface area contributed by atoms with E-state index in [-0.39, 0.29) is 18.7 Å². The van der Waals surface area contributed by atoms with Crippen LogP contribution in [0.1, 0.15) is 58.7 Å². The molecule has 1 aromatic carbocycles. The number of nitrogens with zero attached hydrogens (tertiary/aromatic N) is 3. The van der Waals surface area contributed by atoms with Crippen LogP contribution in [0.5, 0.6) is 0 Å². The van der Waals surface area contributed by atoms with Crippen molar-refractivity contribution in [2.24, 2.45) is 0 Å². The molecule has 0 saturated carbocycles. The quantitative estimate of drug-likeness (QED) is 0.426. The van der Waals surface area contributed by atoms with Crippen LogP contribution < -0.4 is 5.32 Å². The van der Waals surface area contributed by atoms with Gasteiger partial charge in [0, 0.05) is 34.6 Å². The van der Waals surface area contributed by atoms with E-state index in [0.29, 0.717) is 17.0 Å². The van der Waals surface area contributed by atoms with Crippen LogP contribution in [0.4, 0.5) is 8.78 Å². The molecule has 0 saturated heterocycles. The van der Waals surface area contributed by atoms with Crippen molar-refractivity contribution in [2.75, 3.05) is 0 Å². The molecule has 0 spiro atoms. The van der Waals surface area contributed by atoms with E-state index in [1.54, 1.807) is 30.0 Å². The number of nitrogens with one attached hydrogen (secondary N) is 2. The van der Waals surface area contributed by atoms with Gasteiger partial charge in [0.25, 0.3) is 5.91 Å². The lowest BCUT2D eigenvalue weighted by atomic mass is 10.1. The predicted octanol–water partition coefficient (Wildman–Crippen LogP) is 4.58. The number of hydrogen-bond acceptors (Lipinski definition) is 3. The number of carbonyl (C=O) groups excluding carboxylic acids is 1. The highest BCUT2D eigenvalue weighted by Gasteiger charge is 2.31. The number of hydrogen-bond donors (Lipinski definition) is 2. The molecule has 178 valence electrons. The number of para-hydroxylation sites is 1. The van der Waals surface area contributed by atoms with Gasteiger partial charge in [-0.25, -0.2) is 18.7 Å². The van der Waals surface area contributed by atoms with Gasteiger partial charge in [-0.05, 0) is 50.4 Å².